The van der Waals surface area contributed by atoms with Crippen molar-refractivity contribution in [2.24, 2.45) is 5.92 Å². The Hall–Kier alpha value is -0.930. The van der Waals surface area contributed by atoms with Crippen LogP contribution in [0, 0.1) is 11.7 Å². The van der Waals surface area contributed by atoms with Crippen LogP contribution in [0.5, 0.6) is 0 Å². The molecule has 3 atom stereocenters. The number of halogens is 1. The lowest BCUT2D eigenvalue weighted by molar-refractivity contribution is 0.120. The number of benzene rings is 1. The van der Waals surface area contributed by atoms with Gasteiger partial charge >= 0.3 is 0 Å². The van der Waals surface area contributed by atoms with Gasteiger partial charge < -0.3 is 5.32 Å². The van der Waals surface area contributed by atoms with Crippen LogP contribution in [0.25, 0.3) is 0 Å². The van der Waals surface area contributed by atoms with Crippen LogP contribution in [0.4, 0.5) is 4.39 Å². The van der Waals surface area contributed by atoms with Crippen molar-refractivity contribution in [1.82, 2.24) is 10.2 Å². The van der Waals surface area contributed by atoms with Gasteiger partial charge in [-0.3, -0.25) is 4.90 Å². The molecular weight excluding hydrogens is 251 g/mol. The fourth-order valence-electron chi connectivity index (χ4n) is 2.89. The summed E-state index contributed by atoms with van der Waals surface area (Å²) in [6.07, 6.45) is 2.14. The molecule has 0 bridgehead atoms. The van der Waals surface area contributed by atoms with Gasteiger partial charge in [-0.25, -0.2) is 4.39 Å². The monoisotopic (exact) mass is 278 g/mol. The average molecular weight is 278 g/mol. The van der Waals surface area contributed by atoms with Crippen LogP contribution in [0.15, 0.2) is 24.3 Å². The number of hydrogen-bond donors (Lipinski definition) is 1. The van der Waals surface area contributed by atoms with E-state index in [1.54, 1.807) is 12.1 Å². The molecule has 3 heteroatoms. The first kappa shape index (κ1) is 15.5. The number of hydrogen-bond acceptors (Lipinski definition) is 2. The molecule has 0 aromatic heterocycles. The summed E-state index contributed by atoms with van der Waals surface area (Å²) >= 11 is 0. The maximum absolute atomic E-state index is 13.2. The molecule has 1 fully saturated rings. The Morgan fingerprint density at radius 3 is 2.95 bits per heavy atom. The number of rotatable bonds is 5. The molecule has 2 nitrogen and oxygen atoms in total. The van der Waals surface area contributed by atoms with Crippen LogP contribution in [-0.2, 0) is 6.42 Å². The van der Waals surface area contributed by atoms with Gasteiger partial charge in [0.15, 0.2) is 0 Å². The molecule has 0 radical (unpaired) electrons. The summed E-state index contributed by atoms with van der Waals surface area (Å²) in [5.74, 6) is 0.576. The van der Waals surface area contributed by atoms with Crippen molar-refractivity contribution >= 4 is 0 Å². The third kappa shape index (κ3) is 4.03. The molecule has 1 N–H and O–H groups in total. The topological polar surface area (TPSA) is 15.3 Å². The standard InChI is InChI=1S/C17H27FN2/c1-4-13(2)17-12-20(14(3)11-19-17)9-8-15-6-5-7-16(18)10-15/h5-7,10,13-14,17,19H,4,8-9,11-12H2,1-3H3. The van der Waals surface area contributed by atoms with Gasteiger partial charge in [0.25, 0.3) is 0 Å². The van der Waals surface area contributed by atoms with Gasteiger partial charge in [0, 0.05) is 31.7 Å². The summed E-state index contributed by atoms with van der Waals surface area (Å²) in [7, 11) is 0. The third-order valence-electron chi connectivity index (χ3n) is 4.64. The zero-order valence-electron chi connectivity index (χ0n) is 12.9. The second kappa shape index (κ2) is 7.19. The molecule has 0 saturated carbocycles. The second-order valence-electron chi connectivity index (χ2n) is 6.12. The zero-order chi connectivity index (χ0) is 14.5. The predicted octanol–water partition coefficient (Wildman–Crippen LogP) is 3.08. The first-order chi connectivity index (χ1) is 9.60. The summed E-state index contributed by atoms with van der Waals surface area (Å²) in [5, 5.41) is 3.66. The van der Waals surface area contributed by atoms with Gasteiger partial charge in [-0.1, -0.05) is 32.4 Å². The van der Waals surface area contributed by atoms with Crippen molar-refractivity contribution in [3.05, 3.63) is 35.6 Å². The highest BCUT2D eigenvalue weighted by Gasteiger charge is 2.27. The molecule has 1 aromatic carbocycles. The lowest BCUT2D eigenvalue weighted by atomic mass is 9.95. The SMILES string of the molecule is CCC(C)C1CN(CCc2cccc(F)c2)C(C)CN1. The summed E-state index contributed by atoms with van der Waals surface area (Å²) in [4.78, 5) is 2.54. The van der Waals surface area contributed by atoms with Gasteiger partial charge in [-0.15, -0.1) is 0 Å². The van der Waals surface area contributed by atoms with Crippen LogP contribution < -0.4 is 5.32 Å². The van der Waals surface area contributed by atoms with Crippen molar-refractivity contribution in [2.45, 2.75) is 45.7 Å². The second-order valence-corrected chi connectivity index (χ2v) is 6.12. The molecule has 3 unspecified atom stereocenters. The Kier molecular flexibility index (Phi) is 5.55. The molecule has 0 aliphatic carbocycles. The van der Waals surface area contributed by atoms with E-state index in [0.29, 0.717) is 18.0 Å². The van der Waals surface area contributed by atoms with Gasteiger partial charge in [-0.05, 0) is 37.0 Å². The van der Waals surface area contributed by atoms with E-state index in [2.05, 4.69) is 31.0 Å². The van der Waals surface area contributed by atoms with E-state index in [-0.39, 0.29) is 5.82 Å². The van der Waals surface area contributed by atoms with E-state index < -0.39 is 0 Å². The molecular formula is C17H27FN2. The summed E-state index contributed by atoms with van der Waals surface area (Å²) < 4.78 is 13.2. The van der Waals surface area contributed by atoms with Crippen LogP contribution in [0.2, 0.25) is 0 Å². The van der Waals surface area contributed by atoms with E-state index in [9.17, 15) is 4.39 Å². The number of nitrogens with one attached hydrogen (secondary N) is 1. The summed E-state index contributed by atoms with van der Waals surface area (Å²) in [6.45, 7) is 10.0. The Morgan fingerprint density at radius 1 is 1.45 bits per heavy atom. The Balaban J connectivity index is 1.90. The maximum atomic E-state index is 13.2. The maximum Gasteiger partial charge on any atom is 0.123 e. The number of nitrogens with zero attached hydrogens (tertiary/aromatic N) is 1. The Bertz CT molecular complexity index is 421. The van der Waals surface area contributed by atoms with Crippen LogP contribution in [-0.4, -0.2) is 36.6 Å². The summed E-state index contributed by atoms with van der Waals surface area (Å²) in [5.41, 5.74) is 1.09. The van der Waals surface area contributed by atoms with Crippen molar-refractivity contribution < 1.29 is 4.39 Å². The first-order valence-electron chi connectivity index (χ1n) is 7.82. The quantitative estimate of drug-likeness (QED) is 0.890. The molecule has 1 saturated heterocycles. The van der Waals surface area contributed by atoms with Crippen molar-refractivity contribution in [1.29, 1.82) is 0 Å². The minimum atomic E-state index is -0.131. The van der Waals surface area contributed by atoms with E-state index in [0.717, 1.165) is 31.6 Å². The Labute approximate surface area is 122 Å². The molecule has 20 heavy (non-hydrogen) atoms. The zero-order valence-corrected chi connectivity index (χ0v) is 12.9. The fraction of sp³-hybridized carbons (Fsp3) is 0.647. The van der Waals surface area contributed by atoms with Crippen molar-refractivity contribution in [3.63, 3.8) is 0 Å². The highest BCUT2D eigenvalue weighted by molar-refractivity contribution is 5.16. The predicted molar refractivity (Wildman–Crippen MR) is 82.4 cm³/mol. The largest absolute Gasteiger partial charge is 0.311 e. The van der Waals surface area contributed by atoms with Gasteiger partial charge in [0.05, 0.1) is 0 Å². The molecule has 0 amide bonds. The number of piperazine rings is 1. The lowest BCUT2D eigenvalue weighted by Gasteiger charge is -2.41. The average Bonchev–Trinajstić information content (AvgIpc) is 2.45. The van der Waals surface area contributed by atoms with Crippen LogP contribution in [0.3, 0.4) is 0 Å². The molecule has 112 valence electrons. The van der Waals surface area contributed by atoms with Gasteiger partial charge in [0.2, 0.25) is 0 Å². The Morgan fingerprint density at radius 2 is 2.25 bits per heavy atom. The minimum absolute atomic E-state index is 0.131. The third-order valence-corrected chi connectivity index (χ3v) is 4.64. The molecule has 1 heterocycles. The molecule has 0 spiro atoms. The van der Waals surface area contributed by atoms with Gasteiger partial charge in [0.1, 0.15) is 5.82 Å². The van der Waals surface area contributed by atoms with E-state index in [1.165, 1.54) is 12.5 Å². The van der Waals surface area contributed by atoms with Crippen LogP contribution in [0.1, 0.15) is 32.8 Å². The highest BCUT2D eigenvalue weighted by atomic mass is 19.1. The normalized spacial score (nSPS) is 25.6. The van der Waals surface area contributed by atoms with E-state index in [1.807, 2.05) is 6.07 Å². The van der Waals surface area contributed by atoms with Crippen molar-refractivity contribution in [3.8, 4) is 0 Å². The molecule has 1 aliphatic rings. The highest BCUT2D eigenvalue weighted by Crippen LogP contribution is 2.16. The molecule has 1 aromatic rings. The molecule has 2 rings (SSSR count). The lowest BCUT2D eigenvalue weighted by Crippen LogP contribution is -2.57. The van der Waals surface area contributed by atoms with Crippen molar-refractivity contribution in [2.75, 3.05) is 19.6 Å². The van der Waals surface area contributed by atoms with Gasteiger partial charge in [-0.2, -0.15) is 0 Å². The molecule has 1 aliphatic heterocycles. The van der Waals surface area contributed by atoms with E-state index in [4.69, 9.17) is 0 Å². The first-order valence-corrected chi connectivity index (χ1v) is 7.82. The smallest absolute Gasteiger partial charge is 0.123 e. The fourth-order valence-corrected chi connectivity index (χ4v) is 2.89. The van der Waals surface area contributed by atoms with Crippen LogP contribution >= 0.6 is 0 Å². The minimum Gasteiger partial charge on any atom is -0.311 e. The van der Waals surface area contributed by atoms with E-state index >= 15 is 0 Å². The summed E-state index contributed by atoms with van der Waals surface area (Å²) in [6, 6.07) is 8.12.